The third-order valence-electron chi connectivity index (χ3n) is 0.708. The van der Waals surface area contributed by atoms with E-state index in [0.717, 1.165) is 6.08 Å². The van der Waals surface area contributed by atoms with Gasteiger partial charge in [-0.25, -0.2) is 9.59 Å². The van der Waals surface area contributed by atoms with Crippen molar-refractivity contribution in [3.63, 3.8) is 0 Å². The Hall–Kier alpha value is 0.620. The van der Waals surface area contributed by atoms with Gasteiger partial charge < -0.3 is 4.74 Å². The van der Waals surface area contributed by atoms with E-state index in [-0.39, 0.29) is 64.7 Å². The number of carbonyl (C=O) groups is 2. The Bertz CT molecular complexity index is 199. The molecule has 12 heavy (non-hydrogen) atoms. The minimum atomic E-state index is -0.756. The fraction of sp³-hybridized carbons (Fsp3) is 0.143. The molecule has 0 saturated heterocycles. The number of ether oxygens (including phenoxy) is 1. The Kier molecular flexibility index (Phi) is 14.9. The predicted octanol–water partition coefficient (Wildman–Crippen LogP) is -0.479. The Labute approximate surface area is 116 Å². The summed E-state index contributed by atoms with van der Waals surface area (Å²) >= 11 is 0. The van der Waals surface area contributed by atoms with Gasteiger partial charge in [-0.1, -0.05) is 13.2 Å². The third kappa shape index (κ3) is 8.71. The number of hydrogen-bond donors (Lipinski definition) is 0. The van der Waals surface area contributed by atoms with Crippen LogP contribution in [0.25, 0.3) is 0 Å². The molecule has 0 aliphatic carbocycles. The van der Waals surface area contributed by atoms with Crippen LogP contribution in [0, 0.1) is 0 Å². The van der Waals surface area contributed by atoms with Gasteiger partial charge in [0.15, 0.2) is 0 Å². The molecular formula is C7H10Na2O3. The summed E-state index contributed by atoms with van der Waals surface area (Å²) in [5.74, 6) is -1.47. The molecule has 3 nitrogen and oxygen atoms in total. The molecule has 5 heteroatoms. The molecule has 0 aromatic carbocycles. The SMILES string of the molecule is C=CC(=O)OC(=O)C(=C)C.[NaH].[NaH]. The summed E-state index contributed by atoms with van der Waals surface area (Å²) in [5.41, 5.74) is 0.190. The monoisotopic (exact) mass is 188 g/mol. The summed E-state index contributed by atoms with van der Waals surface area (Å²) in [7, 11) is 0. The van der Waals surface area contributed by atoms with Crippen molar-refractivity contribution in [2.45, 2.75) is 6.92 Å². The molecule has 58 valence electrons. The molecular weight excluding hydrogens is 178 g/mol. The van der Waals surface area contributed by atoms with Crippen molar-refractivity contribution in [3.05, 3.63) is 24.8 Å². The standard InChI is InChI=1S/C7H8O3.2Na.2H/c1-4-6(8)10-7(9)5(2)3;;;;/h4H,1-2H2,3H3;;;;. The first-order valence-electron chi connectivity index (χ1n) is 2.62. The van der Waals surface area contributed by atoms with Crippen molar-refractivity contribution >= 4 is 71.1 Å². The quantitative estimate of drug-likeness (QED) is 0.254. The molecule has 0 spiro atoms. The summed E-state index contributed by atoms with van der Waals surface area (Å²) in [4.78, 5) is 20.8. The van der Waals surface area contributed by atoms with Crippen LogP contribution in [0.3, 0.4) is 0 Å². The van der Waals surface area contributed by atoms with Gasteiger partial charge in [-0.15, -0.1) is 0 Å². The van der Waals surface area contributed by atoms with Crippen LogP contribution in [0.5, 0.6) is 0 Å². The molecule has 0 heterocycles. The molecule has 0 aromatic rings. The van der Waals surface area contributed by atoms with Crippen LogP contribution in [0.4, 0.5) is 0 Å². The van der Waals surface area contributed by atoms with Crippen LogP contribution in [0.1, 0.15) is 6.92 Å². The number of esters is 2. The zero-order chi connectivity index (χ0) is 8.15. The van der Waals surface area contributed by atoms with E-state index < -0.39 is 11.9 Å². The van der Waals surface area contributed by atoms with Gasteiger partial charge in [0.25, 0.3) is 0 Å². The summed E-state index contributed by atoms with van der Waals surface area (Å²) in [6, 6.07) is 0. The summed E-state index contributed by atoms with van der Waals surface area (Å²) in [6.45, 7) is 7.85. The van der Waals surface area contributed by atoms with Gasteiger partial charge in [0.05, 0.1) is 0 Å². The van der Waals surface area contributed by atoms with E-state index in [1.54, 1.807) is 0 Å². The Morgan fingerprint density at radius 2 is 1.75 bits per heavy atom. The van der Waals surface area contributed by atoms with E-state index in [9.17, 15) is 9.59 Å². The fourth-order valence-electron chi connectivity index (χ4n) is 0.220. The molecule has 0 atom stereocenters. The fourth-order valence-corrected chi connectivity index (χ4v) is 0.220. The second kappa shape index (κ2) is 9.71. The van der Waals surface area contributed by atoms with E-state index in [0.29, 0.717) is 0 Å². The second-order valence-corrected chi connectivity index (χ2v) is 1.69. The first-order valence-corrected chi connectivity index (χ1v) is 2.62. The summed E-state index contributed by atoms with van der Waals surface area (Å²) < 4.78 is 4.17. The molecule has 0 bridgehead atoms. The zero-order valence-corrected chi connectivity index (χ0v) is 5.72. The van der Waals surface area contributed by atoms with Gasteiger partial charge in [-0.05, 0) is 6.92 Å². The molecule has 0 rings (SSSR count). The second-order valence-electron chi connectivity index (χ2n) is 1.69. The molecule has 0 fully saturated rings. The average Bonchev–Trinajstić information content (AvgIpc) is 1.87. The van der Waals surface area contributed by atoms with Gasteiger partial charge in [0.2, 0.25) is 0 Å². The Morgan fingerprint density at radius 1 is 1.33 bits per heavy atom. The van der Waals surface area contributed by atoms with Crippen LogP contribution in [-0.4, -0.2) is 71.1 Å². The van der Waals surface area contributed by atoms with Gasteiger partial charge in [0, 0.05) is 11.6 Å². The van der Waals surface area contributed by atoms with Crippen LogP contribution in [0.2, 0.25) is 0 Å². The average molecular weight is 188 g/mol. The van der Waals surface area contributed by atoms with Gasteiger partial charge in [-0.3, -0.25) is 0 Å². The van der Waals surface area contributed by atoms with Crippen LogP contribution < -0.4 is 0 Å². The van der Waals surface area contributed by atoms with Crippen LogP contribution in [0.15, 0.2) is 24.8 Å². The van der Waals surface area contributed by atoms with Crippen molar-refractivity contribution in [1.29, 1.82) is 0 Å². The molecule has 0 aliphatic heterocycles. The van der Waals surface area contributed by atoms with Crippen molar-refractivity contribution in [2.24, 2.45) is 0 Å². The van der Waals surface area contributed by atoms with Crippen molar-refractivity contribution in [3.8, 4) is 0 Å². The third-order valence-corrected chi connectivity index (χ3v) is 0.708. The van der Waals surface area contributed by atoms with Crippen molar-refractivity contribution in [1.82, 2.24) is 0 Å². The van der Waals surface area contributed by atoms with E-state index >= 15 is 0 Å². The molecule has 0 amide bonds. The number of rotatable bonds is 2. The predicted molar refractivity (Wildman–Crippen MR) is 50.4 cm³/mol. The van der Waals surface area contributed by atoms with Crippen molar-refractivity contribution < 1.29 is 14.3 Å². The van der Waals surface area contributed by atoms with Crippen molar-refractivity contribution in [2.75, 3.05) is 0 Å². The van der Waals surface area contributed by atoms with E-state index in [1.807, 2.05) is 0 Å². The summed E-state index contributed by atoms with van der Waals surface area (Å²) in [5, 5.41) is 0. The van der Waals surface area contributed by atoms with Crippen LogP contribution >= 0.6 is 0 Å². The first-order chi connectivity index (χ1) is 4.57. The maximum absolute atomic E-state index is 10.5. The number of carbonyl (C=O) groups excluding carboxylic acids is 2. The Morgan fingerprint density at radius 3 is 2.00 bits per heavy atom. The summed E-state index contributed by atoms with van der Waals surface area (Å²) in [6.07, 6.45) is 0.918. The minimum absolute atomic E-state index is 0. The van der Waals surface area contributed by atoms with Crippen LogP contribution in [-0.2, 0) is 14.3 Å². The number of hydrogen-bond acceptors (Lipinski definition) is 3. The van der Waals surface area contributed by atoms with Gasteiger partial charge >= 0.3 is 71.1 Å². The Balaban J connectivity index is -0.000000405. The van der Waals surface area contributed by atoms with E-state index in [2.05, 4.69) is 17.9 Å². The molecule has 0 N–H and O–H groups in total. The molecule has 0 aromatic heterocycles. The topological polar surface area (TPSA) is 43.4 Å². The van der Waals surface area contributed by atoms with Gasteiger partial charge in [0.1, 0.15) is 0 Å². The maximum atomic E-state index is 10.5. The molecule has 0 aliphatic rings. The molecule has 0 saturated carbocycles. The zero-order valence-electron chi connectivity index (χ0n) is 5.72. The van der Waals surface area contributed by atoms with Gasteiger partial charge in [-0.2, -0.15) is 0 Å². The van der Waals surface area contributed by atoms with E-state index in [1.165, 1.54) is 6.92 Å². The molecule has 0 radical (unpaired) electrons. The van der Waals surface area contributed by atoms with E-state index in [4.69, 9.17) is 0 Å². The first kappa shape index (κ1) is 18.4. The molecule has 0 unspecified atom stereocenters. The normalized spacial score (nSPS) is 6.75.